The predicted molar refractivity (Wildman–Crippen MR) is 141 cm³/mol. The Morgan fingerprint density at radius 2 is 1.82 bits per heavy atom. The summed E-state index contributed by atoms with van der Waals surface area (Å²) in [6, 6.07) is 18.4. The molecule has 0 spiro atoms. The molecule has 0 aromatic heterocycles. The topological polar surface area (TPSA) is 112 Å². The molecule has 3 heterocycles. The van der Waals surface area contributed by atoms with Gasteiger partial charge in [0.2, 0.25) is 11.8 Å². The number of nitriles is 1. The minimum absolute atomic E-state index is 0.123. The maximum Gasteiger partial charge on any atom is 0.258 e. The first-order chi connectivity index (χ1) is 18.7. The second-order valence-electron chi connectivity index (χ2n) is 10.7. The van der Waals surface area contributed by atoms with E-state index in [1.54, 1.807) is 55.6 Å². The van der Waals surface area contributed by atoms with Crippen molar-refractivity contribution >= 4 is 34.2 Å². The lowest BCUT2D eigenvalue weighted by molar-refractivity contribution is -0.139. The zero-order chi connectivity index (χ0) is 27.6. The lowest BCUT2D eigenvalue weighted by Crippen LogP contribution is -2.68. The Morgan fingerprint density at radius 1 is 1.10 bits per heavy atom. The summed E-state index contributed by atoms with van der Waals surface area (Å²) in [7, 11) is 1.63. The number of likely N-dealkylation sites (N-methyl/N-ethyl adjacent to an activating group) is 1. The highest BCUT2D eigenvalue weighted by Crippen LogP contribution is 2.64. The van der Waals surface area contributed by atoms with Crippen molar-refractivity contribution in [2.45, 2.75) is 49.5 Å². The number of nitrogens with zero attached hydrogens (tertiary/aromatic N) is 2. The molecule has 3 unspecified atom stereocenters. The van der Waals surface area contributed by atoms with Crippen LogP contribution in [0.15, 0.2) is 60.7 Å². The lowest BCUT2D eigenvalue weighted by Gasteiger charge is -2.42. The molecule has 3 aliphatic rings. The number of halogens is 1. The highest BCUT2D eigenvalue weighted by atomic mass is 19.1. The van der Waals surface area contributed by atoms with Crippen LogP contribution in [0.4, 0.5) is 10.1 Å². The van der Waals surface area contributed by atoms with Crippen LogP contribution in [0.3, 0.4) is 0 Å². The standard InChI is InChI=1S/C30H27FN4O4/c1-28-13-14-29(39-28,15-24(36)34-17-18-7-10-20(31)11-8-18)30(33-2)25(28)26(37)35(27(30)38)23-12-9-19(16-32)21-5-3-4-6-22(21)23/h3-12,25,33H,13-15,17H2,1-2H3,(H,34,36)/t25?,28?,29?,30-/m1/s1. The van der Waals surface area contributed by atoms with Gasteiger partial charge in [0.1, 0.15) is 17.0 Å². The Bertz CT molecular complexity index is 1580. The van der Waals surface area contributed by atoms with Crippen molar-refractivity contribution in [3.05, 3.63) is 77.6 Å². The highest BCUT2D eigenvalue weighted by Gasteiger charge is 2.82. The molecule has 0 saturated carbocycles. The Hall–Kier alpha value is -4.13. The zero-order valence-corrected chi connectivity index (χ0v) is 21.6. The van der Waals surface area contributed by atoms with Crippen molar-refractivity contribution in [3.8, 4) is 6.07 Å². The maximum absolute atomic E-state index is 14.4. The number of carbonyl (C=O) groups is 3. The van der Waals surface area contributed by atoms with Crippen molar-refractivity contribution in [1.29, 1.82) is 5.26 Å². The van der Waals surface area contributed by atoms with E-state index in [9.17, 15) is 24.0 Å². The second kappa shape index (κ2) is 8.70. The number of imide groups is 1. The van der Waals surface area contributed by atoms with Gasteiger partial charge in [0.25, 0.3) is 5.91 Å². The van der Waals surface area contributed by atoms with E-state index in [2.05, 4.69) is 16.7 Å². The Morgan fingerprint density at radius 3 is 2.51 bits per heavy atom. The third-order valence-corrected chi connectivity index (χ3v) is 8.73. The quantitative estimate of drug-likeness (QED) is 0.477. The fourth-order valence-corrected chi connectivity index (χ4v) is 7.04. The van der Waals surface area contributed by atoms with Crippen LogP contribution in [0, 0.1) is 23.1 Å². The van der Waals surface area contributed by atoms with Gasteiger partial charge in [-0.05, 0) is 56.6 Å². The smallest absolute Gasteiger partial charge is 0.258 e. The Labute approximate surface area is 224 Å². The molecule has 2 bridgehead atoms. The summed E-state index contributed by atoms with van der Waals surface area (Å²) >= 11 is 0. The fourth-order valence-electron chi connectivity index (χ4n) is 7.04. The van der Waals surface area contributed by atoms with E-state index in [0.29, 0.717) is 34.9 Å². The molecule has 3 aromatic carbocycles. The molecule has 3 aromatic rings. The SMILES string of the molecule is CN[C@@]12C(=O)N(c3ccc(C#N)c4ccccc34)C(=O)C1C1(C)CCC2(CC(=O)NCc2ccc(F)cc2)O1. The first kappa shape index (κ1) is 25.2. The second-order valence-corrected chi connectivity index (χ2v) is 10.7. The molecule has 0 aliphatic carbocycles. The molecule has 3 saturated heterocycles. The predicted octanol–water partition coefficient (Wildman–Crippen LogP) is 3.33. The number of benzene rings is 3. The monoisotopic (exact) mass is 526 g/mol. The molecule has 0 radical (unpaired) electrons. The number of rotatable bonds is 6. The van der Waals surface area contributed by atoms with Crippen LogP contribution in [0.5, 0.6) is 0 Å². The van der Waals surface area contributed by atoms with E-state index in [1.807, 2.05) is 6.92 Å². The van der Waals surface area contributed by atoms with Gasteiger partial charge in [0, 0.05) is 17.3 Å². The highest BCUT2D eigenvalue weighted by molar-refractivity contribution is 6.29. The van der Waals surface area contributed by atoms with Crippen LogP contribution in [0.25, 0.3) is 10.8 Å². The third-order valence-electron chi connectivity index (χ3n) is 8.73. The average molecular weight is 527 g/mol. The van der Waals surface area contributed by atoms with Crippen molar-refractivity contribution in [1.82, 2.24) is 10.6 Å². The van der Waals surface area contributed by atoms with Gasteiger partial charge in [-0.3, -0.25) is 14.4 Å². The molecular weight excluding hydrogens is 499 g/mol. The normalized spacial score (nSPS) is 29.1. The summed E-state index contributed by atoms with van der Waals surface area (Å²) in [5.41, 5.74) is -2.04. The summed E-state index contributed by atoms with van der Waals surface area (Å²) in [6.45, 7) is 2.03. The number of ether oxygens (including phenoxy) is 1. The fraction of sp³-hybridized carbons (Fsp3) is 0.333. The minimum Gasteiger partial charge on any atom is -0.365 e. The molecule has 9 heteroatoms. The number of carbonyl (C=O) groups excluding carboxylic acids is 3. The number of fused-ring (bicyclic) bond motifs is 6. The van der Waals surface area contributed by atoms with E-state index < -0.39 is 28.6 Å². The van der Waals surface area contributed by atoms with Crippen LogP contribution < -0.4 is 15.5 Å². The molecule has 6 rings (SSSR count). The number of hydrogen-bond donors (Lipinski definition) is 2. The molecular formula is C30H27FN4O4. The molecule has 3 amide bonds. The summed E-state index contributed by atoms with van der Waals surface area (Å²) < 4.78 is 19.8. The van der Waals surface area contributed by atoms with Gasteiger partial charge in [-0.25, -0.2) is 9.29 Å². The van der Waals surface area contributed by atoms with Crippen LogP contribution in [-0.2, 0) is 25.7 Å². The largest absolute Gasteiger partial charge is 0.365 e. The summed E-state index contributed by atoms with van der Waals surface area (Å²) in [5, 5.41) is 16.9. The van der Waals surface area contributed by atoms with Gasteiger partial charge < -0.3 is 15.4 Å². The number of nitrogens with one attached hydrogen (secondary N) is 2. The first-order valence-corrected chi connectivity index (χ1v) is 12.9. The van der Waals surface area contributed by atoms with Crippen molar-refractivity contribution in [3.63, 3.8) is 0 Å². The van der Waals surface area contributed by atoms with Gasteiger partial charge in [-0.15, -0.1) is 0 Å². The molecule has 2 N–H and O–H groups in total. The van der Waals surface area contributed by atoms with E-state index in [1.165, 1.54) is 17.0 Å². The number of hydrogen-bond acceptors (Lipinski definition) is 6. The van der Waals surface area contributed by atoms with Crippen LogP contribution in [0.1, 0.15) is 37.3 Å². The van der Waals surface area contributed by atoms with Gasteiger partial charge in [0.15, 0.2) is 0 Å². The molecule has 198 valence electrons. The Kier molecular flexibility index (Phi) is 5.61. The van der Waals surface area contributed by atoms with Gasteiger partial charge in [-0.1, -0.05) is 36.4 Å². The van der Waals surface area contributed by atoms with Crippen LogP contribution >= 0.6 is 0 Å². The Balaban J connectivity index is 1.37. The van der Waals surface area contributed by atoms with Gasteiger partial charge in [-0.2, -0.15) is 5.26 Å². The van der Waals surface area contributed by atoms with E-state index in [0.717, 1.165) is 5.56 Å². The van der Waals surface area contributed by atoms with E-state index in [4.69, 9.17) is 4.74 Å². The van der Waals surface area contributed by atoms with E-state index in [-0.39, 0.29) is 30.6 Å². The molecule has 3 fully saturated rings. The van der Waals surface area contributed by atoms with Gasteiger partial charge in [0.05, 0.1) is 35.3 Å². The van der Waals surface area contributed by atoms with Crippen LogP contribution in [-0.4, -0.2) is 41.5 Å². The lowest BCUT2D eigenvalue weighted by atomic mass is 9.62. The summed E-state index contributed by atoms with van der Waals surface area (Å²) in [6.07, 6.45) is 0.821. The zero-order valence-electron chi connectivity index (χ0n) is 21.6. The molecule has 3 aliphatic heterocycles. The van der Waals surface area contributed by atoms with E-state index >= 15 is 0 Å². The van der Waals surface area contributed by atoms with Crippen LogP contribution in [0.2, 0.25) is 0 Å². The van der Waals surface area contributed by atoms with Gasteiger partial charge >= 0.3 is 0 Å². The summed E-state index contributed by atoms with van der Waals surface area (Å²) in [5.74, 6) is -2.39. The number of anilines is 1. The third kappa shape index (κ3) is 3.38. The first-order valence-electron chi connectivity index (χ1n) is 12.9. The summed E-state index contributed by atoms with van der Waals surface area (Å²) in [4.78, 5) is 43.0. The van der Waals surface area contributed by atoms with Crippen molar-refractivity contribution < 1.29 is 23.5 Å². The van der Waals surface area contributed by atoms with Crippen molar-refractivity contribution in [2.24, 2.45) is 5.92 Å². The maximum atomic E-state index is 14.4. The van der Waals surface area contributed by atoms with Crippen molar-refractivity contribution in [2.75, 3.05) is 11.9 Å². The molecule has 39 heavy (non-hydrogen) atoms. The minimum atomic E-state index is -1.45. The number of amides is 3. The molecule has 4 atom stereocenters. The average Bonchev–Trinajstić information content (AvgIpc) is 3.48. The molecule has 8 nitrogen and oxygen atoms in total.